The first-order valence-electron chi connectivity index (χ1n) is 8.00. The Hall–Kier alpha value is -3.29. The Kier molecular flexibility index (Phi) is 6.37. The van der Waals surface area contributed by atoms with Crippen molar-refractivity contribution in [2.45, 2.75) is 26.3 Å². The van der Waals surface area contributed by atoms with Crippen LogP contribution >= 0.6 is 0 Å². The summed E-state index contributed by atoms with van der Waals surface area (Å²) in [5, 5.41) is 14.1. The van der Waals surface area contributed by atoms with E-state index in [0.717, 1.165) is 0 Å². The van der Waals surface area contributed by atoms with E-state index in [1.807, 2.05) is 13.8 Å². The van der Waals surface area contributed by atoms with Crippen LogP contribution in [0.1, 0.15) is 36.6 Å². The van der Waals surface area contributed by atoms with E-state index in [0.29, 0.717) is 5.76 Å². The molecule has 0 saturated carbocycles. The molecule has 2 heterocycles. The lowest BCUT2D eigenvalue weighted by atomic mass is 10.0. The minimum absolute atomic E-state index is 0.0140. The topological polar surface area (TPSA) is 122 Å². The van der Waals surface area contributed by atoms with E-state index < -0.39 is 23.8 Å². The first-order chi connectivity index (χ1) is 12.4. The number of carbonyl (C=O) groups excluding carboxylic acids is 2. The second-order valence-electron chi connectivity index (χ2n) is 6.00. The molecule has 0 spiro atoms. The maximum absolute atomic E-state index is 12.5. The minimum Gasteiger partial charge on any atom is -0.480 e. The Morgan fingerprint density at radius 2 is 1.85 bits per heavy atom. The smallest absolute Gasteiger partial charge is 0.326 e. The molecule has 1 atom stereocenters. The maximum atomic E-state index is 12.5. The molecular weight excluding hydrogens is 340 g/mol. The van der Waals surface area contributed by atoms with Crippen LogP contribution in [0.2, 0.25) is 0 Å². The molecule has 8 nitrogen and oxygen atoms in total. The number of furan rings is 2. The van der Waals surface area contributed by atoms with Crippen molar-refractivity contribution in [3.05, 3.63) is 54.0 Å². The van der Waals surface area contributed by atoms with Crippen molar-refractivity contribution in [3.63, 3.8) is 0 Å². The van der Waals surface area contributed by atoms with E-state index in [2.05, 4.69) is 10.6 Å². The molecule has 0 unspecified atom stereocenters. The number of rotatable bonds is 8. The van der Waals surface area contributed by atoms with E-state index in [1.165, 1.54) is 30.7 Å². The van der Waals surface area contributed by atoms with Crippen LogP contribution in [0.5, 0.6) is 0 Å². The van der Waals surface area contributed by atoms with Gasteiger partial charge in [-0.25, -0.2) is 4.79 Å². The van der Waals surface area contributed by atoms with Gasteiger partial charge in [0.1, 0.15) is 17.5 Å². The van der Waals surface area contributed by atoms with Crippen molar-refractivity contribution >= 4 is 23.9 Å². The van der Waals surface area contributed by atoms with Crippen molar-refractivity contribution in [2.75, 3.05) is 0 Å². The minimum atomic E-state index is -1.15. The molecule has 0 saturated heterocycles. The third-order valence-corrected chi connectivity index (χ3v) is 3.38. The lowest BCUT2D eigenvalue weighted by Crippen LogP contribution is -2.44. The van der Waals surface area contributed by atoms with E-state index >= 15 is 0 Å². The lowest BCUT2D eigenvalue weighted by molar-refractivity contribution is -0.141. The summed E-state index contributed by atoms with van der Waals surface area (Å²) < 4.78 is 10.2. The van der Waals surface area contributed by atoms with Gasteiger partial charge in [-0.3, -0.25) is 9.59 Å². The number of carboxylic acids is 1. The highest BCUT2D eigenvalue weighted by atomic mass is 16.4. The second-order valence-corrected chi connectivity index (χ2v) is 6.00. The summed E-state index contributed by atoms with van der Waals surface area (Å²) in [4.78, 5) is 36.1. The van der Waals surface area contributed by atoms with E-state index in [-0.39, 0.29) is 23.8 Å². The monoisotopic (exact) mass is 360 g/mol. The van der Waals surface area contributed by atoms with Crippen LogP contribution in [0, 0.1) is 5.92 Å². The Morgan fingerprint density at radius 3 is 2.38 bits per heavy atom. The number of nitrogens with one attached hydrogen (secondary N) is 2. The maximum Gasteiger partial charge on any atom is 0.326 e. The van der Waals surface area contributed by atoms with Gasteiger partial charge in [-0.15, -0.1) is 0 Å². The molecule has 0 fully saturated rings. The zero-order valence-corrected chi connectivity index (χ0v) is 14.4. The van der Waals surface area contributed by atoms with E-state index in [4.69, 9.17) is 8.83 Å². The fraction of sp³-hybridized carbons (Fsp3) is 0.278. The first kappa shape index (κ1) is 19.0. The Bertz CT molecular complexity index is 775. The van der Waals surface area contributed by atoms with E-state index in [1.54, 1.807) is 12.1 Å². The van der Waals surface area contributed by atoms with Crippen molar-refractivity contribution in [1.82, 2.24) is 10.6 Å². The molecular formula is C18H20N2O6. The molecule has 26 heavy (non-hydrogen) atoms. The third kappa shape index (κ3) is 5.37. The second kappa shape index (κ2) is 8.70. The largest absolute Gasteiger partial charge is 0.480 e. The highest BCUT2D eigenvalue weighted by Gasteiger charge is 2.24. The van der Waals surface area contributed by atoms with Crippen LogP contribution in [-0.2, 0) is 9.59 Å². The molecule has 2 amide bonds. The Balaban J connectivity index is 2.21. The average molecular weight is 360 g/mol. The van der Waals surface area contributed by atoms with Crippen molar-refractivity contribution < 1.29 is 28.3 Å². The highest BCUT2D eigenvalue weighted by molar-refractivity contribution is 6.05. The molecule has 0 aromatic carbocycles. The van der Waals surface area contributed by atoms with Gasteiger partial charge in [0, 0.05) is 6.08 Å². The fourth-order valence-electron chi connectivity index (χ4n) is 2.19. The first-order valence-corrected chi connectivity index (χ1v) is 8.00. The zero-order chi connectivity index (χ0) is 19.1. The number of aliphatic carboxylic acids is 1. The van der Waals surface area contributed by atoms with Gasteiger partial charge in [-0.1, -0.05) is 13.8 Å². The van der Waals surface area contributed by atoms with Crippen LogP contribution in [0.15, 0.2) is 51.3 Å². The van der Waals surface area contributed by atoms with Gasteiger partial charge in [0.2, 0.25) is 0 Å². The van der Waals surface area contributed by atoms with Crippen LogP contribution < -0.4 is 10.6 Å². The molecule has 2 aromatic heterocycles. The predicted octanol–water partition coefficient (Wildman–Crippen LogP) is 2.26. The lowest BCUT2D eigenvalue weighted by Gasteiger charge is -2.17. The average Bonchev–Trinajstić information content (AvgIpc) is 3.26. The quantitative estimate of drug-likeness (QED) is 0.621. The molecule has 0 bridgehead atoms. The van der Waals surface area contributed by atoms with Gasteiger partial charge in [-0.05, 0) is 36.6 Å². The number of amides is 2. The summed E-state index contributed by atoms with van der Waals surface area (Å²) >= 11 is 0. The molecule has 3 N–H and O–H groups in total. The summed E-state index contributed by atoms with van der Waals surface area (Å²) in [7, 11) is 0. The Labute approximate surface area is 149 Å². The summed E-state index contributed by atoms with van der Waals surface area (Å²) in [5.41, 5.74) is -0.156. The molecule has 2 rings (SSSR count). The van der Waals surface area contributed by atoms with Gasteiger partial charge in [0.05, 0.1) is 12.5 Å². The zero-order valence-electron chi connectivity index (χ0n) is 14.4. The standard InChI is InChI=1S/C18H20N2O6/c1-11(2)9-14(18(23)24)20-16(21)13(10-12-5-3-7-25-12)19-17(22)15-6-4-8-26-15/h3-8,10-11,14H,9H2,1-2H3,(H,19,22)(H,20,21)(H,23,24)/b13-10-/t14-/m1/s1. The molecule has 0 aliphatic carbocycles. The van der Waals surface area contributed by atoms with Gasteiger partial charge >= 0.3 is 5.97 Å². The van der Waals surface area contributed by atoms with Crippen LogP contribution in [0.3, 0.4) is 0 Å². The number of carboxylic acid groups (broad SMARTS) is 1. The molecule has 8 heteroatoms. The van der Waals surface area contributed by atoms with Crippen molar-refractivity contribution in [1.29, 1.82) is 0 Å². The SMILES string of the molecule is CC(C)C[C@@H](NC(=O)/C(=C/c1ccco1)NC(=O)c1ccco1)C(=O)O. The number of hydrogen-bond acceptors (Lipinski definition) is 5. The number of hydrogen-bond donors (Lipinski definition) is 3. The van der Waals surface area contributed by atoms with Gasteiger partial charge in [0.15, 0.2) is 5.76 Å². The molecule has 0 aliphatic rings. The van der Waals surface area contributed by atoms with Gasteiger partial charge in [0.25, 0.3) is 11.8 Å². The van der Waals surface area contributed by atoms with Crippen molar-refractivity contribution in [3.8, 4) is 0 Å². The predicted molar refractivity (Wildman–Crippen MR) is 91.9 cm³/mol. The third-order valence-electron chi connectivity index (χ3n) is 3.38. The summed E-state index contributed by atoms with van der Waals surface area (Å²) in [6.07, 6.45) is 4.30. The van der Waals surface area contributed by atoms with Gasteiger partial charge < -0.3 is 24.6 Å². The number of carbonyl (C=O) groups is 3. The van der Waals surface area contributed by atoms with Crippen LogP contribution in [0.4, 0.5) is 0 Å². The van der Waals surface area contributed by atoms with Crippen LogP contribution in [0.25, 0.3) is 6.08 Å². The normalized spacial score (nSPS) is 12.7. The van der Waals surface area contributed by atoms with E-state index in [9.17, 15) is 19.5 Å². The molecule has 0 radical (unpaired) electrons. The Morgan fingerprint density at radius 1 is 1.15 bits per heavy atom. The highest BCUT2D eigenvalue weighted by Crippen LogP contribution is 2.10. The molecule has 138 valence electrons. The van der Waals surface area contributed by atoms with Gasteiger partial charge in [-0.2, -0.15) is 0 Å². The van der Waals surface area contributed by atoms with Crippen molar-refractivity contribution in [2.24, 2.45) is 5.92 Å². The molecule has 2 aromatic rings. The summed E-state index contributed by atoms with van der Waals surface area (Å²) in [5.74, 6) is -2.13. The summed E-state index contributed by atoms with van der Waals surface area (Å²) in [6.45, 7) is 3.70. The summed E-state index contributed by atoms with van der Waals surface area (Å²) in [6, 6.07) is 5.11. The van der Waals surface area contributed by atoms with Crippen LogP contribution in [-0.4, -0.2) is 28.9 Å². The molecule has 0 aliphatic heterocycles. The fourth-order valence-corrected chi connectivity index (χ4v) is 2.19.